The SMILES string of the molecule is NC(Cc1ccc(O)cc1)C(=O)O.[Co+2]. The molecule has 1 atom stereocenters. The Kier molecular flexibility index (Phi) is 5.22. The largest absolute Gasteiger partial charge is 2.00 e. The summed E-state index contributed by atoms with van der Waals surface area (Å²) >= 11 is 0. The molecule has 0 aliphatic heterocycles. The van der Waals surface area contributed by atoms with E-state index in [2.05, 4.69) is 0 Å². The van der Waals surface area contributed by atoms with Gasteiger partial charge in [0.05, 0.1) is 0 Å². The quantitative estimate of drug-likeness (QED) is 0.711. The van der Waals surface area contributed by atoms with Crippen LogP contribution < -0.4 is 5.73 Å². The van der Waals surface area contributed by atoms with Crippen LogP contribution in [0.4, 0.5) is 0 Å². The van der Waals surface area contributed by atoms with Gasteiger partial charge in [0.15, 0.2) is 0 Å². The molecule has 0 amide bonds. The van der Waals surface area contributed by atoms with Crippen LogP contribution in [-0.2, 0) is 28.0 Å². The van der Waals surface area contributed by atoms with E-state index in [0.717, 1.165) is 5.56 Å². The van der Waals surface area contributed by atoms with E-state index in [1.54, 1.807) is 12.1 Å². The molecule has 0 aliphatic rings. The Morgan fingerprint density at radius 1 is 1.36 bits per heavy atom. The number of aliphatic carboxylic acids is 1. The van der Waals surface area contributed by atoms with E-state index < -0.39 is 12.0 Å². The number of hydrogen-bond donors (Lipinski definition) is 3. The van der Waals surface area contributed by atoms with Crippen LogP contribution in [0.1, 0.15) is 5.56 Å². The van der Waals surface area contributed by atoms with Gasteiger partial charge in [-0.1, -0.05) is 12.1 Å². The fraction of sp³-hybridized carbons (Fsp3) is 0.222. The molecule has 0 bridgehead atoms. The fourth-order valence-electron chi connectivity index (χ4n) is 0.973. The minimum atomic E-state index is -1.02. The average Bonchev–Trinajstić information content (AvgIpc) is 2.08. The molecule has 1 radical (unpaired) electrons. The Bertz CT molecular complexity index is 299. The van der Waals surface area contributed by atoms with Gasteiger partial charge in [-0.3, -0.25) is 4.79 Å². The van der Waals surface area contributed by atoms with Gasteiger partial charge in [0.1, 0.15) is 11.8 Å². The van der Waals surface area contributed by atoms with E-state index >= 15 is 0 Å². The van der Waals surface area contributed by atoms with Crippen LogP contribution >= 0.6 is 0 Å². The minimum absolute atomic E-state index is 0. The molecule has 4 nitrogen and oxygen atoms in total. The molecule has 0 aromatic heterocycles. The van der Waals surface area contributed by atoms with Crippen molar-refractivity contribution in [3.63, 3.8) is 0 Å². The first-order valence-corrected chi connectivity index (χ1v) is 3.86. The van der Waals surface area contributed by atoms with Crippen LogP contribution in [0.25, 0.3) is 0 Å². The molecule has 1 aromatic carbocycles. The van der Waals surface area contributed by atoms with Crippen molar-refractivity contribution in [3.8, 4) is 5.75 Å². The zero-order chi connectivity index (χ0) is 9.84. The number of carbonyl (C=O) groups is 1. The Hall–Kier alpha value is -1.04. The van der Waals surface area contributed by atoms with E-state index in [1.165, 1.54) is 12.1 Å². The van der Waals surface area contributed by atoms with E-state index in [0.29, 0.717) is 0 Å². The van der Waals surface area contributed by atoms with E-state index in [4.69, 9.17) is 15.9 Å². The zero-order valence-corrected chi connectivity index (χ0v) is 8.35. The summed E-state index contributed by atoms with van der Waals surface area (Å²) in [5, 5.41) is 17.5. The standard InChI is InChI=1S/C9H11NO3.Co/c10-8(9(12)13)5-6-1-3-7(11)4-2-6;/h1-4,8,11H,5,10H2,(H,12,13);/q;+2. The third-order valence-electron chi connectivity index (χ3n) is 1.71. The van der Waals surface area contributed by atoms with Gasteiger partial charge in [-0.15, -0.1) is 0 Å². The molecule has 0 spiro atoms. The van der Waals surface area contributed by atoms with Crippen molar-refractivity contribution in [2.75, 3.05) is 0 Å². The van der Waals surface area contributed by atoms with Gasteiger partial charge in [-0.2, -0.15) is 0 Å². The molecule has 1 rings (SSSR count). The third-order valence-corrected chi connectivity index (χ3v) is 1.71. The predicted molar refractivity (Wildman–Crippen MR) is 47.4 cm³/mol. The normalized spacial score (nSPS) is 11.5. The molecule has 0 aliphatic carbocycles. The first-order valence-electron chi connectivity index (χ1n) is 3.86. The molecule has 0 saturated carbocycles. The summed E-state index contributed by atoms with van der Waals surface area (Å²) in [5.41, 5.74) is 6.12. The molecule has 4 N–H and O–H groups in total. The molecule has 5 heteroatoms. The van der Waals surface area contributed by atoms with Crippen molar-refractivity contribution in [2.24, 2.45) is 5.73 Å². The number of phenolic OH excluding ortho intramolecular Hbond substituents is 1. The summed E-state index contributed by atoms with van der Waals surface area (Å²) in [5.74, 6) is -0.860. The van der Waals surface area contributed by atoms with E-state index in [9.17, 15) is 4.79 Å². The number of nitrogens with two attached hydrogens (primary N) is 1. The van der Waals surface area contributed by atoms with Crippen molar-refractivity contribution in [1.29, 1.82) is 0 Å². The summed E-state index contributed by atoms with van der Waals surface area (Å²) < 4.78 is 0. The molecule has 77 valence electrons. The third kappa shape index (κ3) is 3.78. The molecule has 0 heterocycles. The Labute approximate surface area is 91.9 Å². The van der Waals surface area contributed by atoms with Crippen molar-refractivity contribution in [2.45, 2.75) is 12.5 Å². The van der Waals surface area contributed by atoms with Crippen molar-refractivity contribution < 1.29 is 31.8 Å². The Balaban J connectivity index is 0.00000169. The summed E-state index contributed by atoms with van der Waals surface area (Å²) in [6.07, 6.45) is 0.273. The van der Waals surface area contributed by atoms with Crippen LogP contribution in [0.3, 0.4) is 0 Å². The van der Waals surface area contributed by atoms with E-state index in [-0.39, 0.29) is 28.9 Å². The van der Waals surface area contributed by atoms with Gasteiger partial charge in [-0.05, 0) is 24.1 Å². The van der Waals surface area contributed by atoms with Gasteiger partial charge in [0, 0.05) is 0 Å². The second kappa shape index (κ2) is 5.64. The number of carboxylic acid groups (broad SMARTS) is 1. The maximum Gasteiger partial charge on any atom is 2.00 e. The van der Waals surface area contributed by atoms with Gasteiger partial charge >= 0.3 is 22.7 Å². The van der Waals surface area contributed by atoms with Crippen molar-refractivity contribution >= 4 is 5.97 Å². The summed E-state index contributed by atoms with van der Waals surface area (Å²) in [6.45, 7) is 0. The second-order valence-corrected chi connectivity index (χ2v) is 2.82. The molecule has 0 fully saturated rings. The number of carboxylic acids is 1. The number of aromatic hydroxyl groups is 1. The molecular weight excluding hydrogens is 229 g/mol. The van der Waals surface area contributed by atoms with Crippen molar-refractivity contribution in [1.82, 2.24) is 0 Å². The van der Waals surface area contributed by atoms with Gasteiger partial charge in [0.25, 0.3) is 0 Å². The number of phenols is 1. The number of benzene rings is 1. The van der Waals surface area contributed by atoms with Crippen LogP contribution in [0, 0.1) is 0 Å². The summed E-state index contributed by atoms with van der Waals surface area (Å²) in [6, 6.07) is 5.42. The maximum atomic E-state index is 10.4. The topological polar surface area (TPSA) is 83.5 Å². The zero-order valence-electron chi connectivity index (χ0n) is 7.31. The van der Waals surface area contributed by atoms with Crippen LogP contribution in [0.2, 0.25) is 0 Å². The summed E-state index contributed by atoms with van der Waals surface area (Å²) in [4.78, 5) is 10.4. The van der Waals surface area contributed by atoms with Crippen LogP contribution in [-0.4, -0.2) is 22.2 Å². The molecule has 1 aromatic rings. The fourth-order valence-corrected chi connectivity index (χ4v) is 0.973. The molecule has 0 saturated heterocycles. The first kappa shape index (κ1) is 13.0. The second-order valence-electron chi connectivity index (χ2n) is 2.82. The summed E-state index contributed by atoms with van der Waals surface area (Å²) in [7, 11) is 0. The number of rotatable bonds is 3. The predicted octanol–water partition coefficient (Wildman–Crippen LogP) is 0.344. The van der Waals surface area contributed by atoms with Gasteiger partial charge < -0.3 is 15.9 Å². The maximum absolute atomic E-state index is 10.4. The number of hydrogen-bond acceptors (Lipinski definition) is 3. The Morgan fingerprint density at radius 3 is 2.29 bits per heavy atom. The first-order chi connectivity index (χ1) is 6.09. The smallest absolute Gasteiger partial charge is 0.508 e. The van der Waals surface area contributed by atoms with Gasteiger partial charge in [0.2, 0.25) is 0 Å². The molecular formula is C9H11CoNO3+2. The van der Waals surface area contributed by atoms with E-state index in [1.807, 2.05) is 0 Å². The van der Waals surface area contributed by atoms with Crippen LogP contribution in [0.15, 0.2) is 24.3 Å². The monoisotopic (exact) mass is 240 g/mol. The minimum Gasteiger partial charge on any atom is -0.508 e. The average molecular weight is 240 g/mol. The molecule has 1 unspecified atom stereocenters. The Morgan fingerprint density at radius 2 is 1.86 bits per heavy atom. The van der Waals surface area contributed by atoms with Gasteiger partial charge in [-0.25, -0.2) is 0 Å². The molecule has 14 heavy (non-hydrogen) atoms. The van der Waals surface area contributed by atoms with Crippen LogP contribution in [0.5, 0.6) is 5.75 Å². The van der Waals surface area contributed by atoms with Crippen molar-refractivity contribution in [3.05, 3.63) is 29.8 Å².